The van der Waals surface area contributed by atoms with Gasteiger partial charge < -0.3 is 25.2 Å². The lowest BCUT2D eigenvalue weighted by Crippen LogP contribution is -2.59. The van der Waals surface area contributed by atoms with E-state index in [1.165, 1.54) is 0 Å². The zero-order valence-corrected chi connectivity index (χ0v) is 13.2. The van der Waals surface area contributed by atoms with Crippen molar-refractivity contribution >= 4 is 6.29 Å². The summed E-state index contributed by atoms with van der Waals surface area (Å²) in [5.74, 6) is 0. The first-order valence-corrected chi connectivity index (χ1v) is 7.77. The van der Waals surface area contributed by atoms with Gasteiger partial charge in [0.15, 0.2) is 6.29 Å². The highest BCUT2D eigenvalue weighted by Gasteiger charge is 2.46. The lowest BCUT2D eigenvalue weighted by atomic mass is 9.81. The molecule has 2 aromatic carbocycles. The van der Waals surface area contributed by atoms with Crippen molar-refractivity contribution in [3.8, 4) is 0 Å². The SMILES string of the molecule is O=C[C@@H](O)[C@@](O)(Cc1ccccc1)[C@H](O)C(O)Cc1ccccc1. The van der Waals surface area contributed by atoms with Crippen molar-refractivity contribution in [1.29, 1.82) is 0 Å². The molecule has 0 heterocycles. The highest BCUT2D eigenvalue weighted by molar-refractivity contribution is 5.58. The molecule has 0 fully saturated rings. The van der Waals surface area contributed by atoms with Crippen molar-refractivity contribution in [2.24, 2.45) is 0 Å². The summed E-state index contributed by atoms with van der Waals surface area (Å²) in [6, 6.07) is 17.7. The summed E-state index contributed by atoms with van der Waals surface area (Å²) in [5, 5.41) is 41.4. The average molecular weight is 330 g/mol. The van der Waals surface area contributed by atoms with Crippen LogP contribution in [0.15, 0.2) is 60.7 Å². The van der Waals surface area contributed by atoms with Gasteiger partial charge in [0.1, 0.15) is 17.8 Å². The van der Waals surface area contributed by atoms with Gasteiger partial charge in [-0.25, -0.2) is 0 Å². The fourth-order valence-corrected chi connectivity index (χ4v) is 2.73. The predicted octanol–water partition coefficient (Wildman–Crippen LogP) is 0.484. The van der Waals surface area contributed by atoms with Gasteiger partial charge in [0.05, 0.1) is 6.10 Å². The highest BCUT2D eigenvalue weighted by atomic mass is 16.4. The molecule has 0 aliphatic carbocycles. The number of aliphatic hydroxyl groups excluding tert-OH is 3. The second-order valence-electron chi connectivity index (χ2n) is 5.94. The van der Waals surface area contributed by atoms with Crippen LogP contribution in [0, 0.1) is 0 Å². The number of aliphatic hydroxyl groups is 4. The molecule has 0 bridgehead atoms. The van der Waals surface area contributed by atoms with E-state index in [1.54, 1.807) is 54.6 Å². The molecule has 4 N–H and O–H groups in total. The van der Waals surface area contributed by atoms with Crippen molar-refractivity contribution in [1.82, 2.24) is 0 Å². The Morgan fingerprint density at radius 1 is 0.875 bits per heavy atom. The third kappa shape index (κ3) is 4.27. The second-order valence-corrected chi connectivity index (χ2v) is 5.94. The fraction of sp³-hybridized carbons (Fsp3) is 0.316. The van der Waals surface area contributed by atoms with Gasteiger partial charge in [0, 0.05) is 12.8 Å². The van der Waals surface area contributed by atoms with E-state index in [-0.39, 0.29) is 19.1 Å². The van der Waals surface area contributed by atoms with Gasteiger partial charge in [-0.2, -0.15) is 0 Å². The first kappa shape index (κ1) is 18.3. The summed E-state index contributed by atoms with van der Waals surface area (Å²) in [6.07, 6.45) is -4.76. The number of benzene rings is 2. The molecular weight excluding hydrogens is 308 g/mol. The molecule has 5 heteroatoms. The molecule has 0 radical (unpaired) electrons. The topological polar surface area (TPSA) is 98.0 Å². The molecular formula is C19H22O5. The molecule has 0 aliphatic rings. The summed E-state index contributed by atoms with van der Waals surface area (Å²) in [7, 11) is 0. The third-order valence-corrected chi connectivity index (χ3v) is 4.14. The maximum absolute atomic E-state index is 11.0. The van der Waals surface area contributed by atoms with Gasteiger partial charge in [-0.15, -0.1) is 0 Å². The van der Waals surface area contributed by atoms with Gasteiger partial charge in [-0.3, -0.25) is 0 Å². The van der Waals surface area contributed by atoms with E-state index in [0.29, 0.717) is 5.56 Å². The van der Waals surface area contributed by atoms with Crippen LogP contribution in [-0.2, 0) is 17.6 Å². The Bertz CT molecular complexity index is 631. The molecule has 5 nitrogen and oxygen atoms in total. The van der Waals surface area contributed by atoms with E-state index >= 15 is 0 Å². The summed E-state index contributed by atoms with van der Waals surface area (Å²) >= 11 is 0. The number of hydrogen-bond acceptors (Lipinski definition) is 5. The summed E-state index contributed by atoms with van der Waals surface area (Å²) < 4.78 is 0. The third-order valence-electron chi connectivity index (χ3n) is 4.14. The minimum atomic E-state index is -2.18. The summed E-state index contributed by atoms with van der Waals surface area (Å²) in [4.78, 5) is 11.0. The standard InChI is InChI=1S/C19H22O5/c20-13-17(22)19(24,12-15-9-5-2-6-10-15)18(23)16(21)11-14-7-3-1-4-8-14/h1-10,13,16-18,21-24H,11-12H2/t16?,17-,18-,19+/m1/s1. The van der Waals surface area contributed by atoms with Gasteiger partial charge in [0.25, 0.3) is 0 Å². The quantitative estimate of drug-likeness (QED) is 0.528. The summed E-state index contributed by atoms with van der Waals surface area (Å²) in [6.45, 7) is 0. The van der Waals surface area contributed by atoms with Crippen LogP contribution < -0.4 is 0 Å². The predicted molar refractivity (Wildman–Crippen MR) is 89.3 cm³/mol. The van der Waals surface area contributed by atoms with Gasteiger partial charge in [-0.1, -0.05) is 60.7 Å². The van der Waals surface area contributed by atoms with E-state index in [2.05, 4.69) is 0 Å². The Morgan fingerprint density at radius 2 is 1.38 bits per heavy atom. The van der Waals surface area contributed by atoms with E-state index in [9.17, 15) is 25.2 Å². The number of carbonyl (C=O) groups is 1. The highest BCUT2D eigenvalue weighted by Crippen LogP contribution is 2.25. The van der Waals surface area contributed by atoms with Crippen LogP contribution in [-0.4, -0.2) is 50.6 Å². The largest absolute Gasteiger partial charge is 0.390 e. The Kier molecular flexibility index (Phi) is 6.23. The molecule has 4 atom stereocenters. The molecule has 2 rings (SSSR count). The molecule has 0 aromatic heterocycles. The van der Waals surface area contributed by atoms with Crippen LogP contribution in [0.3, 0.4) is 0 Å². The zero-order chi connectivity index (χ0) is 17.6. The van der Waals surface area contributed by atoms with E-state index in [0.717, 1.165) is 5.56 Å². The molecule has 0 amide bonds. The minimum absolute atomic E-state index is 0.0880. The number of aldehydes is 1. The van der Waals surface area contributed by atoms with Crippen LogP contribution in [0.4, 0.5) is 0 Å². The Hall–Kier alpha value is -2.05. The van der Waals surface area contributed by atoms with Crippen molar-refractivity contribution in [3.63, 3.8) is 0 Å². The van der Waals surface area contributed by atoms with Crippen LogP contribution in [0.2, 0.25) is 0 Å². The lowest BCUT2D eigenvalue weighted by Gasteiger charge is -2.37. The molecule has 24 heavy (non-hydrogen) atoms. The van der Waals surface area contributed by atoms with Gasteiger partial charge >= 0.3 is 0 Å². The van der Waals surface area contributed by atoms with Gasteiger partial charge in [0.2, 0.25) is 0 Å². The van der Waals surface area contributed by atoms with E-state index in [1.807, 2.05) is 6.07 Å². The molecule has 0 saturated heterocycles. The molecule has 128 valence electrons. The number of carbonyl (C=O) groups excluding carboxylic acids is 1. The van der Waals surface area contributed by atoms with Crippen molar-refractivity contribution in [2.45, 2.75) is 36.8 Å². The van der Waals surface area contributed by atoms with E-state index < -0.39 is 23.9 Å². The van der Waals surface area contributed by atoms with Crippen LogP contribution in [0.25, 0.3) is 0 Å². The van der Waals surface area contributed by atoms with Gasteiger partial charge in [-0.05, 0) is 11.1 Å². The molecule has 0 spiro atoms. The molecule has 1 unspecified atom stereocenters. The normalized spacial score (nSPS) is 17.5. The second kappa shape index (κ2) is 8.17. The van der Waals surface area contributed by atoms with Crippen molar-refractivity contribution < 1.29 is 25.2 Å². The van der Waals surface area contributed by atoms with Crippen LogP contribution in [0.5, 0.6) is 0 Å². The first-order valence-electron chi connectivity index (χ1n) is 7.77. The molecule has 0 saturated carbocycles. The molecule has 0 aliphatic heterocycles. The fourth-order valence-electron chi connectivity index (χ4n) is 2.73. The number of rotatable bonds is 8. The average Bonchev–Trinajstić information content (AvgIpc) is 2.61. The first-order chi connectivity index (χ1) is 11.5. The molecule has 2 aromatic rings. The number of hydrogen-bond donors (Lipinski definition) is 4. The Morgan fingerprint density at radius 3 is 1.88 bits per heavy atom. The smallest absolute Gasteiger partial charge is 0.151 e. The van der Waals surface area contributed by atoms with Crippen molar-refractivity contribution in [2.75, 3.05) is 0 Å². The maximum Gasteiger partial charge on any atom is 0.151 e. The monoisotopic (exact) mass is 330 g/mol. The lowest BCUT2D eigenvalue weighted by molar-refractivity contribution is -0.176. The van der Waals surface area contributed by atoms with Crippen LogP contribution in [0.1, 0.15) is 11.1 Å². The van der Waals surface area contributed by atoms with Crippen molar-refractivity contribution in [3.05, 3.63) is 71.8 Å². The Balaban J connectivity index is 2.20. The van der Waals surface area contributed by atoms with Crippen LogP contribution >= 0.6 is 0 Å². The Labute approximate surface area is 140 Å². The maximum atomic E-state index is 11.0. The van der Waals surface area contributed by atoms with E-state index in [4.69, 9.17) is 0 Å². The minimum Gasteiger partial charge on any atom is -0.390 e. The summed E-state index contributed by atoms with van der Waals surface area (Å²) in [5.41, 5.74) is -0.782. The zero-order valence-electron chi connectivity index (χ0n) is 13.2.